The van der Waals surface area contributed by atoms with Crippen LogP contribution in [0, 0.1) is 20.2 Å². The number of aromatic nitrogens is 1. The number of hydrogen-bond acceptors (Lipinski definition) is 7. The molecule has 0 unspecified atom stereocenters. The summed E-state index contributed by atoms with van der Waals surface area (Å²) in [6, 6.07) is 0. The number of nitrogens with zero attached hydrogens (tertiary/aromatic N) is 3. The van der Waals surface area contributed by atoms with Crippen LogP contribution in [-0.2, 0) is 4.79 Å². The molecule has 0 aliphatic carbocycles. The topological polar surface area (TPSA) is 135 Å². The highest BCUT2D eigenvalue weighted by Gasteiger charge is 2.25. The van der Waals surface area contributed by atoms with Crippen LogP contribution < -0.4 is 10.3 Å². The van der Waals surface area contributed by atoms with E-state index in [4.69, 9.17) is 0 Å². The van der Waals surface area contributed by atoms with Crippen LogP contribution in [0.4, 0.5) is 11.4 Å². The third kappa shape index (κ3) is 2.62. The molecule has 10 nitrogen and oxygen atoms in total. The summed E-state index contributed by atoms with van der Waals surface area (Å²) in [4.78, 5) is 45.0. The zero-order valence-corrected chi connectivity index (χ0v) is 8.35. The van der Waals surface area contributed by atoms with Crippen LogP contribution >= 0.6 is 0 Å². The lowest BCUT2D eigenvalue weighted by Gasteiger charge is -2.03. The van der Waals surface area contributed by atoms with Crippen LogP contribution in [0.1, 0.15) is 6.92 Å². The Morgan fingerprint density at radius 2 is 1.65 bits per heavy atom. The quantitative estimate of drug-likeness (QED) is 0.522. The van der Waals surface area contributed by atoms with Gasteiger partial charge in [0.1, 0.15) is 12.4 Å². The lowest BCUT2D eigenvalue weighted by atomic mass is 10.3. The van der Waals surface area contributed by atoms with Crippen molar-refractivity contribution in [1.82, 2.24) is 4.73 Å². The Morgan fingerprint density at radius 1 is 1.24 bits per heavy atom. The summed E-state index contributed by atoms with van der Waals surface area (Å²) in [6.07, 6.45) is 1.16. The van der Waals surface area contributed by atoms with Gasteiger partial charge in [-0.1, -0.05) is 0 Å². The van der Waals surface area contributed by atoms with Gasteiger partial charge >= 0.3 is 22.8 Å². The Kier molecular flexibility index (Phi) is 3.17. The van der Waals surface area contributed by atoms with Crippen LogP contribution in [0.25, 0.3) is 0 Å². The third-order valence-electron chi connectivity index (χ3n) is 1.59. The zero-order valence-electron chi connectivity index (χ0n) is 8.35. The van der Waals surface area contributed by atoms with Gasteiger partial charge in [0.15, 0.2) is 0 Å². The minimum Gasteiger partial charge on any atom is -0.337 e. The van der Waals surface area contributed by atoms with Gasteiger partial charge < -0.3 is 4.84 Å². The van der Waals surface area contributed by atoms with Crippen molar-refractivity contribution < 1.29 is 19.5 Å². The van der Waals surface area contributed by atoms with E-state index in [1.165, 1.54) is 0 Å². The second kappa shape index (κ2) is 4.38. The molecule has 0 atom stereocenters. The first-order chi connectivity index (χ1) is 7.82. The number of carbonyl (C=O) groups is 1. The fourth-order valence-electron chi connectivity index (χ4n) is 0.988. The van der Waals surface area contributed by atoms with Gasteiger partial charge in [0.05, 0.1) is 9.85 Å². The Bertz CT molecular complexity index is 523. The molecule has 0 aliphatic rings. The van der Waals surface area contributed by atoms with Crippen LogP contribution in [0.3, 0.4) is 0 Å². The minimum absolute atomic E-state index is 0.444. The monoisotopic (exact) mass is 243 g/mol. The molecule has 1 rings (SSSR count). The van der Waals surface area contributed by atoms with Crippen molar-refractivity contribution in [3.05, 3.63) is 42.8 Å². The van der Waals surface area contributed by atoms with Gasteiger partial charge in [-0.2, -0.15) is 4.73 Å². The average molecular weight is 243 g/mol. The normalized spacial score (nSPS) is 9.71. The van der Waals surface area contributed by atoms with Crippen LogP contribution in [0.15, 0.2) is 17.2 Å². The van der Waals surface area contributed by atoms with Crippen molar-refractivity contribution in [3.8, 4) is 0 Å². The molecule has 0 radical (unpaired) electrons. The molecule has 10 heteroatoms. The Balaban J connectivity index is 3.47. The van der Waals surface area contributed by atoms with Gasteiger partial charge in [-0.15, -0.1) is 0 Å². The molecule has 0 amide bonds. The van der Waals surface area contributed by atoms with Gasteiger partial charge in [0, 0.05) is 6.92 Å². The number of pyridine rings is 1. The highest BCUT2D eigenvalue weighted by Crippen LogP contribution is 2.10. The summed E-state index contributed by atoms with van der Waals surface area (Å²) in [7, 11) is 0. The van der Waals surface area contributed by atoms with E-state index in [1.54, 1.807) is 0 Å². The third-order valence-corrected chi connectivity index (χ3v) is 1.59. The van der Waals surface area contributed by atoms with Gasteiger partial charge in [-0.05, 0) is 0 Å². The van der Waals surface area contributed by atoms with Crippen LogP contribution in [-0.4, -0.2) is 20.5 Å². The number of nitro groups is 2. The van der Waals surface area contributed by atoms with Crippen molar-refractivity contribution in [2.24, 2.45) is 0 Å². The van der Waals surface area contributed by atoms with Crippen molar-refractivity contribution in [2.75, 3.05) is 0 Å². The van der Waals surface area contributed by atoms with E-state index in [1.807, 2.05) is 0 Å². The molecule has 90 valence electrons. The molecular weight excluding hydrogens is 238 g/mol. The van der Waals surface area contributed by atoms with Crippen molar-refractivity contribution in [1.29, 1.82) is 0 Å². The maximum absolute atomic E-state index is 11.3. The first-order valence-corrected chi connectivity index (χ1v) is 4.07. The fraction of sp³-hybridized carbons (Fsp3) is 0.143. The van der Waals surface area contributed by atoms with Crippen LogP contribution in [0.2, 0.25) is 0 Å². The lowest BCUT2D eigenvalue weighted by Crippen LogP contribution is -2.22. The lowest BCUT2D eigenvalue weighted by molar-refractivity contribution is -0.397. The van der Waals surface area contributed by atoms with E-state index < -0.39 is 32.6 Å². The summed E-state index contributed by atoms with van der Waals surface area (Å²) in [5, 5.41) is 20.9. The zero-order chi connectivity index (χ0) is 13.2. The Morgan fingerprint density at radius 3 is 1.94 bits per heavy atom. The van der Waals surface area contributed by atoms with E-state index in [0.717, 1.165) is 6.92 Å². The predicted octanol–water partition coefficient (Wildman–Crippen LogP) is -0.360. The van der Waals surface area contributed by atoms with E-state index >= 15 is 0 Å². The standard InChI is InChI=1S/C7H5N3O7/c1-4(11)17-8-2-5(9(13)14)7(12)6(3-8)10(15)16/h2-3H,1H3. The van der Waals surface area contributed by atoms with E-state index in [2.05, 4.69) is 4.84 Å². The summed E-state index contributed by atoms with van der Waals surface area (Å²) >= 11 is 0. The molecule has 1 heterocycles. The maximum Gasteiger partial charge on any atom is 0.343 e. The van der Waals surface area contributed by atoms with Gasteiger partial charge in [0.25, 0.3) is 0 Å². The van der Waals surface area contributed by atoms with Gasteiger partial charge in [0.2, 0.25) is 0 Å². The molecule has 1 aromatic rings. The number of rotatable bonds is 3. The average Bonchev–Trinajstić information content (AvgIpc) is 2.18. The summed E-state index contributed by atoms with van der Waals surface area (Å²) in [6.45, 7) is 0.996. The Labute approximate surface area is 92.3 Å². The molecule has 0 aromatic carbocycles. The van der Waals surface area contributed by atoms with Crippen molar-refractivity contribution >= 4 is 17.3 Å². The number of carbonyl (C=O) groups excluding carboxylic acids is 1. The van der Waals surface area contributed by atoms with Gasteiger partial charge in [-0.3, -0.25) is 25.0 Å². The number of hydrogen-bond donors (Lipinski definition) is 0. The van der Waals surface area contributed by atoms with E-state index in [-0.39, 0.29) is 0 Å². The maximum atomic E-state index is 11.3. The smallest absolute Gasteiger partial charge is 0.337 e. The highest BCUT2D eigenvalue weighted by molar-refractivity contribution is 5.66. The largest absolute Gasteiger partial charge is 0.343 e. The second-order valence-corrected chi connectivity index (χ2v) is 2.81. The molecule has 1 aromatic heterocycles. The first kappa shape index (κ1) is 12.3. The molecular formula is C7H5N3O7. The summed E-state index contributed by atoms with van der Waals surface area (Å²) in [5.74, 6) is -0.850. The predicted molar refractivity (Wildman–Crippen MR) is 51.3 cm³/mol. The van der Waals surface area contributed by atoms with Crippen molar-refractivity contribution in [3.63, 3.8) is 0 Å². The second-order valence-electron chi connectivity index (χ2n) is 2.81. The molecule has 0 saturated heterocycles. The molecule has 0 spiro atoms. The molecule has 0 N–H and O–H groups in total. The molecule has 0 aliphatic heterocycles. The SMILES string of the molecule is CC(=O)On1cc([N+](=O)[O-])c(=O)c([N+](=O)[O-])c1. The summed E-state index contributed by atoms with van der Waals surface area (Å²) < 4.78 is 0.444. The highest BCUT2D eigenvalue weighted by atomic mass is 16.7. The van der Waals surface area contributed by atoms with E-state index in [9.17, 15) is 29.8 Å². The van der Waals surface area contributed by atoms with Gasteiger partial charge in [-0.25, -0.2) is 4.79 Å². The molecule has 0 fully saturated rings. The van der Waals surface area contributed by atoms with Crippen LogP contribution in [0.5, 0.6) is 0 Å². The van der Waals surface area contributed by atoms with E-state index in [0.29, 0.717) is 17.1 Å². The molecule has 0 saturated carbocycles. The minimum atomic E-state index is -1.36. The molecule has 17 heavy (non-hydrogen) atoms. The molecule has 0 bridgehead atoms. The Hall–Kier alpha value is -2.78. The fourth-order valence-corrected chi connectivity index (χ4v) is 0.988. The first-order valence-electron chi connectivity index (χ1n) is 4.07. The van der Waals surface area contributed by atoms with Crippen molar-refractivity contribution in [2.45, 2.75) is 6.92 Å². The summed E-state index contributed by atoms with van der Waals surface area (Å²) in [5.41, 5.74) is -3.47.